The third-order valence-electron chi connectivity index (χ3n) is 2.48. The Balaban J connectivity index is 1.97. The number of para-hydroxylation sites is 1. The van der Waals surface area contributed by atoms with E-state index in [4.69, 9.17) is 16.3 Å². The van der Waals surface area contributed by atoms with Crippen molar-refractivity contribution < 1.29 is 4.74 Å². The van der Waals surface area contributed by atoms with Gasteiger partial charge in [0.25, 0.3) is 0 Å². The standard InChI is InChI=1S/C14H16ClN3O/c1-2-7-16-8-11-9-17-14(18-10-11)19-13-6-4-3-5-12(13)15/h3-6,9-10,16H,2,7-8H2,1H3. The van der Waals surface area contributed by atoms with Crippen LogP contribution in [0.2, 0.25) is 5.02 Å². The maximum Gasteiger partial charge on any atom is 0.321 e. The van der Waals surface area contributed by atoms with E-state index in [0.29, 0.717) is 16.8 Å². The van der Waals surface area contributed by atoms with Crippen LogP contribution in [0.25, 0.3) is 0 Å². The van der Waals surface area contributed by atoms with E-state index >= 15 is 0 Å². The van der Waals surface area contributed by atoms with Crippen molar-refractivity contribution in [3.8, 4) is 11.8 Å². The topological polar surface area (TPSA) is 47.0 Å². The van der Waals surface area contributed by atoms with Gasteiger partial charge in [-0.3, -0.25) is 0 Å². The van der Waals surface area contributed by atoms with Crippen LogP contribution < -0.4 is 10.1 Å². The molecule has 0 amide bonds. The normalized spacial score (nSPS) is 10.4. The summed E-state index contributed by atoms with van der Waals surface area (Å²) in [7, 11) is 0. The fourth-order valence-electron chi connectivity index (χ4n) is 1.52. The Labute approximate surface area is 117 Å². The number of ether oxygens (including phenoxy) is 1. The Morgan fingerprint density at radius 1 is 1.21 bits per heavy atom. The van der Waals surface area contributed by atoms with Crippen molar-refractivity contribution >= 4 is 11.6 Å². The van der Waals surface area contributed by atoms with E-state index in [9.17, 15) is 0 Å². The molecule has 100 valence electrons. The van der Waals surface area contributed by atoms with Crippen LogP contribution in [0.1, 0.15) is 18.9 Å². The summed E-state index contributed by atoms with van der Waals surface area (Å²) in [4.78, 5) is 8.32. The van der Waals surface area contributed by atoms with Crippen LogP contribution in [0.3, 0.4) is 0 Å². The number of hydrogen-bond acceptors (Lipinski definition) is 4. The van der Waals surface area contributed by atoms with E-state index in [1.165, 1.54) is 0 Å². The van der Waals surface area contributed by atoms with Crippen LogP contribution in [-0.4, -0.2) is 16.5 Å². The smallest absolute Gasteiger partial charge is 0.321 e. The molecule has 0 aliphatic heterocycles. The van der Waals surface area contributed by atoms with Gasteiger partial charge in [-0.1, -0.05) is 30.7 Å². The molecule has 1 aromatic carbocycles. The van der Waals surface area contributed by atoms with E-state index in [-0.39, 0.29) is 0 Å². The Bertz CT molecular complexity index is 516. The average molecular weight is 278 g/mol. The highest BCUT2D eigenvalue weighted by Crippen LogP contribution is 2.26. The molecule has 0 aliphatic rings. The van der Waals surface area contributed by atoms with Gasteiger partial charge < -0.3 is 10.1 Å². The minimum atomic E-state index is 0.298. The number of benzene rings is 1. The van der Waals surface area contributed by atoms with Crippen LogP contribution >= 0.6 is 11.6 Å². The molecule has 4 nitrogen and oxygen atoms in total. The molecule has 0 aliphatic carbocycles. The van der Waals surface area contributed by atoms with E-state index in [1.54, 1.807) is 24.5 Å². The minimum Gasteiger partial charge on any atom is -0.423 e. The van der Waals surface area contributed by atoms with Crippen LogP contribution in [0.5, 0.6) is 11.8 Å². The molecule has 0 radical (unpaired) electrons. The molecule has 0 bridgehead atoms. The molecule has 19 heavy (non-hydrogen) atoms. The van der Waals surface area contributed by atoms with Gasteiger partial charge in [-0.15, -0.1) is 0 Å². The van der Waals surface area contributed by atoms with E-state index < -0.39 is 0 Å². The summed E-state index contributed by atoms with van der Waals surface area (Å²) in [5, 5.41) is 3.83. The highest BCUT2D eigenvalue weighted by atomic mass is 35.5. The van der Waals surface area contributed by atoms with Crippen molar-refractivity contribution in [2.24, 2.45) is 0 Å². The van der Waals surface area contributed by atoms with Gasteiger partial charge in [0, 0.05) is 24.5 Å². The van der Waals surface area contributed by atoms with Gasteiger partial charge in [0.1, 0.15) is 5.75 Å². The first-order valence-electron chi connectivity index (χ1n) is 6.23. The van der Waals surface area contributed by atoms with Gasteiger partial charge in [0.2, 0.25) is 0 Å². The highest BCUT2D eigenvalue weighted by Gasteiger charge is 2.04. The number of hydrogen-bond donors (Lipinski definition) is 1. The zero-order chi connectivity index (χ0) is 13.5. The third kappa shape index (κ3) is 4.19. The largest absolute Gasteiger partial charge is 0.423 e. The number of nitrogens with one attached hydrogen (secondary N) is 1. The lowest BCUT2D eigenvalue weighted by Crippen LogP contribution is -2.14. The number of nitrogens with zero attached hydrogens (tertiary/aromatic N) is 2. The van der Waals surface area contributed by atoms with Crippen LogP contribution in [0.4, 0.5) is 0 Å². The van der Waals surface area contributed by atoms with Gasteiger partial charge in [-0.25, -0.2) is 9.97 Å². The first-order valence-corrected chi connectivity index (χ1v) is 6.61. The average Bonchev–Trinajstić information content (AvgIpc) is 2.44. The molecule has 1 aromatic heterocycles. The summed E-state index contributed by atoms with van der Waals surface area (Å²) in [6, 6.07) is 7.54. The van der Waals surface area contributed by atoms with Crippen molar-refractivity contribution in [2.75, 3.05) is 6.54 Å². The summed E-state index contributed by atoms with van der Waals surface area (Å²) in [6.07, 6.45) is 4.61. The van der Waals surface area contributed by atoms with Crippen LogP contribution in [0.15, 0.2) is 36.7 Å². The van der Waals surface area contributed by atoms with Gasteiger partial charge >= 0.3 is 6.01 Å². The van der Waals surface area contributed by atoms with Gasteiger partial charge in [0.05, 0.1) is 5.02 Å². The van der Waals surface area contributed by atoms with E-state index in [1.807, 2.05) is 12.1 Å². The lowest BCUT2D eigenvalue weighted by molar-refractivity contribution is 0.441. The second-order valence-electron chi connectivity index (χ2n) is 4.08. The molecule has 1 N–H and O–H groups in total. The Morgan fingerprint density at radius 3 is 2.63 bits per heavy atom. The Hall–Kier alpha value is -1.65. The summed E-state index contributed by atoms with van der Waals surface area (Å²) in [6.45, 7) is 3.88. The van der Waals surface area contributed by atoms with Crippen LogP contribution in [0, 0.1) is 0 Å². The molecule has 1 heterocycles. The highest BCUT2D eigenvalue weighted by molar-refractivity contribution is 6.32. The molecule has 5 heteroatoms. The van der Waals surface area contributed by atoms with Crippen molar-refractivity contribution in [2.45, 2.75) is 19.9 Å². The monoisotopic (exact) mass is 277 g/mol. The van der Waals surface area contributed by atoms with Gasteiger partial charge in [-0.2, -0.15) is 0 Å². The molecule has 0 unspecified atom stereocenters. The van der Waals surface area contributed by atoms with Gasteiger partial charge in [0.15, 0.2) is 0 Å². The molecule has 0 saturated carbocycles. The second-order valence-corrected chi connectivity index (χ2v) is 4.49. The number of aromatic nitrogens is 2. The molecule has 0 atom stereocenters. The molecular formula is C14H16ClN3O. The first kappa shape index (κ1) is 13.8. The molecule has 0 fully saturated rings. The third-order valence-corrected chi connectivity index (χ3v) is 2.79. The summed E-state index contributed by atoms with van der Waals surface area (Å²) >= 11 is 6.00. The Morgan fingerprint density at radius 2 is 1.95 bits per heavy atom. The van der Waals surface area contributed by atoms with Gasteiger partial charge in [-0.05, 0) is 25.1 Å². The van der Waals surface area contributed by atoms with E-state index in [0.717, 1.165) is 25.1 Å². The van der Waals surface area contributed by atoms with Crippen molar-refractivity contribution in [3.63, 3.8) is 0 Å². The molecular weight excluding hydrogens is 262 g/mol. The lowest BCUT2D eigenvalue weighted by atomic mass is 10.3. The number of halogens is 1. The quantitative estimate of drug-likeness (QED) is 0.822. The zero-order valence-corrected chi connectivity index (χ0v) is 11.5. The summed E-state index contributed by atoms with van der Waals surface area (Å²) in [5.41, 5.74) is 1.03. The molecule has 2 aromatic rings. The molecule has 2 rings (SSSR count). The van der Waals surface area contributed by atoms with Crippen LogP contribution in [-0.2, 0) is 6.54 Å². The fourth-order valence-corrected chi connectivity index (χ4v) is 1.70. The summed E-state index contributed by atoms with van der Waals surface area (Å²) < 4.78 is 5.52. The lowest BCUT2D eigenvalue weighted by Gasteiger charge is -2.06. The summed E-state index contributed by atoms with van der Waals surface area (Å²) in [5.74, 6) is 0.557. The predicted octanol–water partition coefficient (Wildman–Crippen LogP) is 3.42. The molecule has 0 saturated heterocycles. The fraction of sp³-hybridized carbons (Fsp3) is 0.286. The zero-order valence-electron chi connectivity index (χ0n) is 10.8. The maximum atomic E-state index is 6.00. The molecule has 0 spiro atoms. The Kier molecular flexibility index (Phi) is 5.12. The second kappa shape index (κ2) is 7.07. The first-order chi connectivity index (χ1) is 9.29. The SMILES string of the molecule is CCCNCc1cnc(Oc2ccccc2Cl)nc1. The number of rotatable bonds is 6. The van der Waals surface area contributed by atoms with Crippen molar-refractivity contribution in [1.29, 1.82) is 0 Å². The van der Waals surface area contributed by atoms with Crippen molar-refractivity contribution in [1.82, 2.24) is 15.3 Å². The predicted molar refractivity (Wildman–Crippen MR) is 75.6 cm³/mol. The maximum absolute atomic E-state index is 6.00. The van der Waals surface area contributed by atoms with Crippen molar-refractivity contribution in [3.05, 3.63) is 47.2 Å². The van der Waals surface area contributed by atoms with E-state index in [2.05, 4.69) is 22.2 Å². The minimum absolute atomic E-state index is 0.298.